The summed E-state index contributed by atoms with van der Waals surface area (Å²) < 4.78 is 12.1. The van der Waals surface area contributed by atoms with Crippen molar-refractivity contribution in [1.82, 2.24) is 0 Å². The smallest absolute Gasteiger partial charge is 0.134 e. The van der Waals surface area contributed by atoms with Crippen LogP contribution >= 0.6 is 0 Å². The van der Waals surface area contributed by atoms with Gasteiger partial charge in [0.15, 0.2) is 0 Å². The van der Waals surface area contributed by atoms with E-state index in [-0.39, 0.29) is 0 Å². The van der Waals surface area contributed by atoms with Gasteiger partial charge in [0.1, 0.15) is 11.5 Å². The van der Waals surface area contributed by atoms with Gasteiger partial charge < -0.3 is 9.47 Å². The Morgan fingerprint density at radius 3 is 2.13 bits per heavy atom. The van der Waals surface area contributed by atoms with Crippen LogP contribution in [0.1, 0.15) is 17.5 Å². The van der Waals surface area contributed by atoms with Gasteiger partial charge in [0.05, 0.1) is 12.9 Å². The average molecular weight is 392 g/mol. The van der Waals surface area contributed by atoms with Gasteiger partial charge in [0, 0.05) is 11.8 Å². The van der Waals surface area contributed by atoms with E-state index in [2.05, 4.69) is 36.4 Å². The lowest BCUT2D eigenvalue weighted by atomic mass is 10.1. The summed E-state index contributed by atoms with van der Waals surface area (Å²) in [7, 11) is 0. The molecule has 4 rings (SSSR count). The summed E-state index contributed by atoms with van der Waals surface area (Å²) in [6.07, 6.45) is 6.45. The fourth-order valence-electron chi connectivity index (χ4n) is 3.23. The van der Waals surface area contributed by atoms with Crippen LogP contribution in [0, 0.1) is 0 Å². The summed E-state index contributed by atoms with van der Waals surface area (Å²) in [5.41, 5.74) is 2.22. The van der Waals surface area contributed by atoms with Gasteiger partial charge in [-0.25, -0.2) is 0 Å². The predicted octanol–water partition coefficient (Wildman–Crippen LogP) is 7.34. The van der Waals surface area contributed by atoms with Gasteiger partial charge in [-0.15, -0.1) is 0 Å². The molecule has 0 aliphatic rings. The first-order valence-corrected chi connectivity index (χ1v) is 10.1. The highest BCUT2D eigenvalue weighted by atomic mass is 16.5. The second-order valence-corrected chi connectivity index (χ2v) is 6.93. The molecule has 0 N–H and O–H groups in total. The fourth-order valence-corrected chi connectivity index (χ4v) is 3.23. The van der Waals surface area contributed by atoms with Crippen molar-refractivity contribution >= 4 is 22.9 Å². The molecule has 0 bridgehead atoms. The molecule has 0 fully saturated rings. The average Bonchev–Trinajstić information content (AvgIpc) is 2.80. The fraction of sp³-hybridized carbons (Fsp3) is 0.0714. The number of ether oxygens (including phenoxy) is 2. The molecule has 4 aromatic rings. The maximum Gasteiger partial charge on any atom is 0.134 e. The highest BCUT2D eigenvalue weighted by Gasteiger charge is 2.06. The minimum atomic E-state index is 0.534. The van der Waals surface area contributed by atoms with Crippen molar-refractivity contribution in [2.45, 2.75) is 6.42 Å². The van der Waals surface area contributed by atoms with Gasteiger partial charge in [0.2, 0.25) is 0 Å². The zero-order chi connectivity index (χ0) is 20.4. The Bertz CT molecular complexity index is 1120. The van der Waals surface area contributed by atoms with Crippen molar-refractivity contribution in [1.29, 1.82) is 0 Å². The number of rotatable bonds is 8. The first-order valence-electron chi connectivity index (χ1n) is 10.1. The van der Waals surface area contributed by atoms with E-state index in [0.29, 0.717) is 13.0 Å². The Hall–Kier alpha value is -3.78. The maximum absolute atomic E-state index is 6.35. The summed E-state index contributed by atoms with van der Waals surface area (Å²) in [6.45, 7) is 0.534. The topological polar surface area (TPSA) is 18.5 Å². The first kappa shape index (κ1) is 19.5. The van der Waals surface area contributed by atoms with Crippen LogP contribution in [0.15, 0.2) is 115 Å². The summed E-state index contributed by atoms with van der Waals surface area (Å²) in [5.74, 6) is 1.72. The molecule has 2 heteroatoms. The number of fused-ring (bicyclic) bond motifs is 1. The SMILES string of the molecule is C(=Cc1ccccc1)OCCC(=Cc1ccccc1)Oc1cccc2ccccc12. The summed E-state index contributed by atoms with van der Waals surface area (Å²) >= 11 is 0. The van der Waals surface area contributed by atoms with Crippen LogP contribution in [0.3, 0.4) is 0 Å². The summed E-state index contributed by atoms with van der Waals surface area (Å²) in [4.78, 5) is 0. The van der Waals surface area contributed by atoms with E-state index in [9.17, 15) is 0 Å². The molecule has 0 heterocycles. The molecule has 2 nitrogen and oxygen atoms in total. The summed E-state index contributed by atoms with van der Waals surface area (Å²) in [6, 6.07) is 34.7. The quantitative estimate of drug-likeness (QED) is 0.231. The lowest BCUT2D eigenvalue weighted by Crippen LogP contribution is -2.00. The van der Waals surface area contributed by atoms with E-state index in [1.165, 1.54) is 0 Å². The second-order valence-electron chi connectivity index (χ2n) is 6.93. The monoisotopic (exact) mass is 392 g/mol. The molecule has 0 saturated carbocycles. The van der Waals surface area contributed by atoms with Crippen LogP contribution in [0.2, 0.25) is 0 Å². The van der Waals surface area contributed by atoms with E-state index < -0.39 is 0 Å². The van der Waals surface area contributed by atoms with Crippen molar-refractivity contribution < 1.29 is 9.47 Å². The molecule has 0 amide bonds. The predicted molar refractivity (Wildman–Crippen MR) is 125 cm³/mol. The maximum atomic E-state index is 6.35. The standard InChI is InChI=1S/C28H24O2/c1-3-10-23(11-4-1)18-20-29-21-19-26(22-24-12-5-2-6-13-24)30-28-17-9-15-25-14-7-8-16-27(25)28/h1-18,20,22H,19,21H2. The zero-order valence-corrected chi connectivity index (χ0v) is 16.8. The molecule has 0 unspecified atom stereocenters. The highest BCUT2D eigenvalue weighted by molar-refractivity contribution is 5.88. The Labute approximate surface area is 177 Å². The minimum absolute atomic E-state index is 0.534. The van der Waals surface area contributed by atoms with Crippen molar-refractivity contribution in [3.63, 3.8) is 0 Å². The lowest BCUT2D eigenvalue weighted by Gasteiger charge is -2.13. The largest absolute Gasteiger partial charge is 0.501 e. The molecule has 4 aromatic carbocycles. The van der Waals surface area contributed by atoms with Crippen LogP contribution < -0.4 is 4.74 Å². The van der Waals surface area contributed by atoms with Crippen molar-refractivity contribution in [3.8, 4) is 5.75 Å². The molecule has 0 aliphatic carbocycles. The summed E-state index contributed by atoms with van der Waals surface area (Å²) in [5, 5.41) is 2.26. The minimum Gasteiger partial charge on any atom is -0.501 e. The molecule has 0 aromatic heterocycles. The number of hydrogen-bond acceptors (Lipinski definition) is 2. The van der Waals surface area contributed by atoms with E-state index in [1.54, 1.807) is 6.26 Å². The molecular formula is C28H24O2. The third-order valence-corrected chi connectivity index (χ3v) is 4.74. The Kier molecular flexibility index (Phi) is 6.59. The van der Waals surface area contributed by atoms with E-state index in [0.717, 1.165) is 33.4 Å². The molecular weight excluding hydrogens is 368 g/mol. The first-order chi connectivity index (χ1) is 14.9. The van der Waals surface area contributed by atoms with E-state index >= 15 is 0 Å². The lowest BCUT2D eigenvalue weighted by molar-refractivity contribution is 0.240. The van der Waals surface area contributed by atoms with Crippen LogP contribution in [0.25, 0.3) is 22.9 Å². The van der Waals surface area contributed by atoms with Crippen LogP contribution in [0.4, 0.5) is 0 Å². The molecule has 0 spiro atoms. The highest BCUT2D eigenvalue weighted by Crippen LogP contribution is 2.28. The molecule has 0 radical (unpaired) electrons. The van der Waals surface area contributed by atoms with Crippen LogP contribution in [-0.4, -0.2) is 6.61 Å². The van der Waals surface area contributed by atoms with Crippen molar-refractivity contribution in [2.24, 2.45) is 0 Å². The van der Waals surface area contributed by atoms with Gasteiger partial charge in [-0.3, -0.25) is 0 Å². The molecule has 0 aliphatic heterocycles. The molecule has 0 atom stereocenters. The zero-order valence-electron chi connectivity index (χ0n) is 16.8. The normalized spacial score (nSPS) is 11.7. The van der Waals surface area contributed by atoms with Crippen LogP contribution in [0.5, 0.6) is 5.75 Å². The van der Waals surface area contributed by atoms with Gasteiger partial charge >= 0.3 is 0 Å². The Morgan fingerprint density at radius 1 is 0.667 bits per heavy atom. The third-order valence-electron chi connectivity index (χ3n) is 4.74. The van der Waals surface area contributed by atoms with Gasteiger partial charge in [-0.05, 0) is 34.7 Å². The van der Waals surface area contributed by atoms with E-state index in [4.69, 9.17) is 9.47 Å². The number of hydrogen-bond donors (Lipinski definition) is 0. The molecule has 148 valence electrons. The molecule has 30 heavy (non-hydrogen) atoms. The van der Waals surface area contributed by atoms with Gasteiger partial charge in [-0.1, -0.05) is 97.1 Å². The molecule has 0 saturated heterocycles. The Balaban J connectivity index is 1.48. The second kappa shape index (κ2) is 10.1. The third kappa shape index (κ3) is 5.39. The Morgan fingerprint density at radius 2 is 1.33 bits per heavy atom. The van der Waals surface area contributed by atoms with E-state index in [1.807, 2.05) is 78.9 Å². The van der Waals surface area contributed by atoms with Crippen LogP contribution in [-0.2, 0) is 4.74 Å². The van der Waals surface area contributed by atoms with Crippen molar-refractivity contribution in [2.75, 3.05) is 6.61 Å². The number of benzene rings is 4. The van der Waals surface area contributed by atoms with Gasteiger partial charge in [0.25, 0.3) is 0 Å². The van der Waals surface area contributed by atoms with Gasteiger partial charge in [-0.2, -0.15) is 0 Å². The van der Waals surface area contributed by atoms with Crippen molar-refractivity contribution in [3.05, 3.63) is 126 Å².